The van der Waals surface area contributed by atoms with Crippen molar-refractivity contribution in [3.8, 4) is 0 Å². The molecule has 5 nitrogen and oxygen atoms in total. The van der Waals surface area contributed by atoms with Gasteiger partial charge in [0.15, 0.2) is 0 Å². The number of hydrogen-bond acceptors (Lipinski definition) is 2. The van der Waals surface area contributed by atoms with E-state index < -0.39 is 11.4 Å². The Morgan fingerprint density at radius 1 is 1.24 bits per heavy atom. The van der Waals surface area contributed by atoms with Gasteiger partial charge in [0, 0.05) is 13.1 Å². The lowest BCUT2D eigenvalue weighted by molar-refractivity contribution is -0.148. The van der Waals surface area contributed by atoms with Gasteiger partial charge < -0.3 is 15.7 Å². The first-order valence-corrected chi connectivity index (χ1v) is 7.32. The number of urea groups is 1. The van der Waals surface area contributed by atoms with Gasteiger partial charge >= 0.3 is 12.0 Å². The van der Waals surface area contributed by atoms with Crippen LogP contribution in [0.2, 0.25) is 0 Å². The van der Waals surface area contributed by atoms with Crippen LogP contribution in [0.25, 0.3) is 0 Å². The molecule has 0 aromatic heterocycles. The summed E-state index contributed by atoms with van der Waals surface area (Å²) in [6.45, 7) is 2.63. The third-order valence-corrected chi connectivity index (χ3v) is 4.14. The lowest BCUT2D eigenvalue weighted by atomic mass is 9.86. The highest BCUT2D eigenvalue weighted by Crippen LogP contribution is 2.37. The molecule has 3 N–H and O–H groups in total. The standard InChI is InChI=1S/C16H22N2O3/c1-12-5-4-6-13(9-12)10-17-15(21)18-11-16(14(19)20)7-2-3-8-16/h4-6,9H,2-3,7-8,10-11H2,1H3,(H,19,20)(H2,17,18,21). The second-order valence-corrected chi connectivity index (χ2v) is 5.82. The molecule has 21 heavy (non-hydrogen) atoms. The fraction of sp³-hybridized carbons (Fsp3) is 0.500. The van der Waals surface area contributed by atoms with Crippen LogP contribution in [0.1, 0.15) is 36.8 Å². The van der Waals surface area contributed by atoms with E-state index in [1.165, 1.54) is 0 Å². The fourth-order valence-corrected chi connectivity index (χ4v) is 2.83. The minimum Gasteiger partial charge on any atom is -0.481 e. The van der Waals surface area contributed by atoms with Crippen LogP contribution in [0.5, 0.6) is 0 Å². The summed E-state index contributed by atoms with van der Waals surface area (Å²) in [6, 6.07) is 7.59. The number of aliphatic carboxylic acids is 1. The largest absolute Gasteiger partial charge is 0.481 e. The predicted octanol–water partition coefficient (Wildman–Crippen LogP) is 2.44. The number of carbonyl (C=O) groups is 2. The first kappa shape index (κ1) is 15.4. The highest BCUT2D eigenvalue weighted by atomic mass is 16.4. The zero-order chi connectivity index (χ0) is 15.3. The maximum Gasteiger partial charge on any atom is 0.315 e. The summed E-state index contributed by atoms with van der Waals surface area (Å²) in [6.07, 6.45) is 3.11. The molecule has 0 atom stereocenters. The quantitative estimate of drug-likeness (QED) is 0.779. The number of benzene rings is 1. The Bertz CT molecular complexity index is 522. The van der Waals surface area contributed by atoms with Gasteiger partial charge in [-0.3, -0.25) is 4.79 Å². The van der Waals surface area contributed by atoms with Gasteiger partial charge in [0.2, 0.25) is 0 Å². The molecule has 1 aromatic rings. The average molecular weight is 290 g/mol. The molecule has 1 aromatic carbocycles. The van der Waals surface area contributed by atoms with Gasteiger partial charge in [-0.05, 0) is 25.3 Å². The van der Waals surface area contributed by atoms with E-state index in [0.29, 0.717) is 19.4 Å². The number of nitrogens with one attached hydrogen (secondary N) is 2. The van der Waals surface area contributed by atoms with E-state index in [-0.39, 0.29) is 12.6 Å². The predicted molar refractivity (Wildman–Crippen MR) is 80.0 cm³/mol. The van der Waals surface area contributed by atoms with Gasteiger partial charge in [0.1, 0.15) is 0 Å². The number of amides is 2. The van der Waals surface area contributed by atoms with Crippen LogP contribution in [0.3, 0.4) is 0 Å². The second-order valence-electron chi connectivity index (χ2n) is 5.82. The molecular weight excluding hydrogens is 268 g/mol. The summed E-state index contributed by atoms with van der Waals surface area (Å²) in [4.78, 5) is 23.2. The maximum absolute atomic E-state index is 11.8. The second kappa shape index (κ2) is 6.61. The minimum absolute atomic E-state index is 0.196. The van der Waals surface area contributed by atoms with Gasteiger partial charge in [-0.15, -0.1) is 0 Å². The van der Waals surface area contributed by atoms with E-state index >= 15 is 0 Å². The zero-order valence-electron chi connectivity index (χ0n) is 12.3. The normalized spacial score (nSPS) is 16.4. The van der Waals surface area contributed by atoms with E-state index in [9.17, 15) is 14.7 Å². The van der Waals surface area contributed by atoms with Crippen LogP contribution < -0.4 is 10.6 Å². The molecule has 1 saturated carbocycles. The Hall–Kier alpha value is -2.04. The van der Waals surface area contributed by atoms with Crippen molar-refractivity contribution in [2.45, 2.75) is 39.2 Å². The lowest BCUT2D eigenvalue weighted by Gasteiger charge is -2.24. The molecule has 0 unspecified atom stereocenters. The molecule has 114 valence electrons. The van der Waals surface area contributed by atoms with Crippen LogP contribution in [0.4, 0.5) is 4.79 Å². The highest BCUT2D eigenvalue weighted by Gasteiger charge is 2.41. The van der Waals surface area contributed by atoms with Crippen molar-refractivity contribution in [2.24, 2.45) is 5.41 Å². The van der Waals surface area contributed by atoms with Crippen LogP contribution in [0.15, 0.2) is 24.3 Å². The molecule has 2 rings (SSSR count). The Balaban J connectivity index is 1.81. The SMILES string of the molecule is Cc1cccc(CNC(=O)NCC2(C(=O)O)CCCC2)c1. The van der Waals surface area contributed by atoms with Crippen molar-refractivity contribution in [2.75, 3.05) is 6.54 Å². The third-order valence-electron chi connectivity index (χ3n) is 4.14. The Morgan fingerprint density at radius 3 is 2.57 bits per heavy atom. The smallest absolute Gasteiger partial charge is 0.315 e. The van der Waals surface area contributed by atoms with Crippen molar-refractivity contribution < 1.29 is 14.7 Å². The Labute approximate surface area is 124 Å². The minimum atomic E-state index is -0.806. The van der Waals surface area contributed by atoms with Gasteiger partial charge in [0.05, 0.1) is 5.41 Å². The lowest BCUT2D eigenvalue weighted by Crippen LogP contribution is -2.44. The third kappa shape index (κ3) is 3.97. The van der Waals surface area contributed by atoms with Crippen LogP contribution in [-0.2, 0) is 11.3 Å². The molecule has 0 spiro atoms. The first-order chi connectivity index (χ1) is 10.0. The van der Waals surface area contributed by atoms with Crippen molar-refractivity contribution in [1.29, 1.82) is 0 Å². The summed E-state index contributed by atoms with van der Waals surface area (Å²) in [5.41, 5.74) is 1.39. The number of carboxylic acid groups (broad SMARTS) is 1. The van der Waals surface area contributed by atoms with Crippen LogP contribution >= 0.6 is 0 Å². The molecule has 0 radical (unpaired) electrons. The molecule has 0 aliphatic heterocycles. The van der Waals surface area contributed by atoms with Crippen molar-refractivity contribution in [3.05, 3.63) is 35.4 Å². The Morgan fingerprint density at radius 2 is 1.95 bits per heavy atom. The molecule has 1 fully saturated rings. The number of carboxylic acids is 1. The van der Waals surface area contributed by atoms with Crippen molar-refractivity contribution >= 4 is 12.0 Å². The van der Waals surface area contributed by atoms with Crippen LogP contribution in [0, 0.1) is 12.3 Å². The van der Waals surface area contributed by atoms with E-state index in [4.69, 9.17) is 0 Å². The molecule has 1 aliphatic carbocycles. The summed E-state index contributed by atoms with van der Waals surface area (Å²) < 4.78 is 0. The van der Waals surface area contributed by atoms with E-state index in [1.54, 1.807) is 0 Å². The zero-order valence-corrected chi connectivity index (χ0v) is 12.3. The Kier molecular flexibility index (Phi) is 4.83. The maximum atomic E-state index is 11.8. The molecular formula is C16H22N2O3. The summed E-state index contributed by atoms with van der Waals surface area (Å²) >= 11 is 0. The molecule has 0 heterocycles. The van der Waals surface area contributed by atoms with Gasteiger partial charge in [-0.2, -0.15) is 0 Å². The highest BCUT2D eigenvalue weighted by molar-refractivity contribution is 5.78. The summed E-state index contributed by atoms with van der Waals surface area (Å²) in [7, 11) is 0. The topological polar surface area (TPSA) is 78.4 Å². The van der Waals surface area contributed by atoms with E-state index in [1.807, 2.05) is 31.2 Å². The number of rotatable bonds is 5. The number of hydrogen-bond donors (Lipinski definition) is 3. The van der Waals surface area contributed by atoms with E-state index in [2.05, 4.69) is 10.6 Å². The molecule has 0 saturated heterocycles. The summed E-state index contributed by atoms with van der Waals surface area (Å²) in [5.74, 6) is -0.806. The fourth-order valence-electron chi connectivity index (χ4n) is 2.83. The molecule has 0 bridgehead atoms. The first-order valence-electron chi connectivity index (χ1n) is 7.32. The van der Waals surface area contributed by atoms with Gasteiger partial charge in [-0.1, -0.05) is 42.7 Å². The summed E-state index contributed by atoms with van der Waals surface area (Å²) in [5, 5.41) is 14.8. The van der Waals surface area contributed by atoms with Crippen LogP contribution in [-0.4, -0.2) is 23.7 Å². The molecule has 5 heteroatoms. The van der Waals surface area contributed by atoms with Crippen molar-refractivity contribution in [3.63, 3.8) is 0 Å². The molecule has 2 amide bonds. The number of aryl methyl sites for hydroxylation is 1. The number of carbonyl (C=O) groups excluding carboxylic acids is 1. The average Bonchev–Trinajstić information content (AvgIpc) is 2.93. The van der Waals surface area contributed by atoms with Gasteiger partial charge in [-0.25, -0.2) is 4.79 Å². The van der Waals surface area contributed by atoms with Gasteiger partial charge in [0.25, 0.3) is 0 Å². The van der Waals surface area contributed by atoms with Crippen molar-refractivity contribution in [1.82, 2.24) is 10.6 Å². The molecule has 1 aliphatic rings. The monoisotopic (exact) mass is 290 g/mol. The van der Waals surface area contributed by atoms with E-state index in [0.717, 1.165) is 24.0 Å².